The Hall–Kier alpha value is -3.85. The van der Waals surface area contributed by atoms with Crippen LogP contribution in [0.1, 0.15) is 18.3 Å². The molecule has 0 aliphatic rings. The van der Waals surface area contributed by atoms with Gasteiger partial charge in [-0.15, -0.1) is 0 Å². The number of aromatic nitrogens is 3. The van der Waals surface area contributed by atoms with Gasteiger partial charge in [-0.1, -0.05) is 6.92 Å². The third kappa shape index (κ3) is 5.55. The lowest BCUT2D eigenvalue weighted by molar-refractivity contribution is 0.262. The second-order valence-corrected chi connectivity index (χ2v) is 8.21. The zero-order chi connectivity index (χ0) is 24.1. The predicted molar refractivity (Wildman–Crippen MR) is 133 cm³/mol. The van der Waals surface area contributed by atoms with Crippen molar-refractivity contribution in [1.82, 2.24) is 15.0 Å². The Morgan fingerprint density at radius 2 is 1.79 bits per heavy atom. The highest BCUT2D eigenvalue weighted by molar-refractivity contribution is 9.10. The molecular weight excluding hydrogens is 501 g/mol. The lowest BCUT2D eigenvalue weighted by Gasteiger charge is -2.13. The summed E-state index contributed by atoms with van der Waals surface area (Å²) in [6.45, 7) is 3.86. The molecule has 4 rings (SSSR count). The summed E-state index contributed by atoms with van der Waals surface area (Å²) < 4.78 is 20.1. The van der Waals surface area contributed by atoms with E-state index in [0.29, 0.717) is 27.5 Å². The minimum Gasteiger partial charge on any atom is -0.438 e. The molecule has 0 saturated heterocycles. The smallest absolute Gasteiger partial charge is 0.323 e. The van der Waals surface area contributed by atoms with Crippen molar-refractivity contribution in [1.29, 1.82) is 0 Å². The minimum absolute atomic E-state index is 0.325. The second kappa shape index (κ2) is 10.4. The molecule has 34 heavy (non-hydrogen) atoms. The zero-order valence-electron chi connectivity index (χ0n) is 18.5. The Morgan fingerprint density at radius 3 is 2.53 bits per heavy atom. The number of nitrogens with zero attached hydrogens (tertiary/aromatic N) is 3. The van der Waals surface area contributed by atoms with Gasteiger partial charge in [0.05, 0.1) is 15.7 Å². The number of hydrogen-bond donors (Lipinski definition) is 2. The van der Waals surface area contributed by atoms with E-state index in [1.807, 2.05) is 32.0 Å². The van der Waals surface area contributed by atoms with Gasteiger partial charge < -0.3 is 15.4 Å². The van der Waals surface area contributed by atoms with Crippen LogP contribution in [0.2, 0.25) is 0 Å². The number of aryl methyl sites for hydroxylation is 2. The summed E-state index contributed by atoms with van der Waals surface area (Å²) in [6, 6.07) is 14.6. The Kier molecular flexibility index (Phi) is 7.12. The maximum atomic E-state index is 13.7. The molecule has 0 unspecified atom stereocenters. The van der Waals surface area contributed by atoms with Gasteiger partial charge >= 0.3 is 6.03 Å². The number of carbonyl (C=O) groups excluding carboxylic acids is 1. The average Bonchev–Trinajstić information content (AvgIpc) is 2.83. The molecule has 172 valence electrons. The van der Waals surface area contributed by atoms with Gasteiger partial charge in [-0.2, -0.15) is 0 Å². The van der Waals surface area contributed by atoms with E-state index in [2.05, 4.69) is 41.5 Å². The number of ether oxygens (including phenoxy) is 1. The van der Waals surface area contributed by atoms with Crippen molar-refractivity contribution in [3.05, 3.63) is 88.7 Å². The maximum Gasteiger partial charge on any atom is 0.323 e. The molecule has 4 aromatic rings. The number of halogens is 2. The van der Waals surface area contributed by atoms with Crippen molar-refractivity contribution >= 4 is 33.3 Å². The summed E-state index contributed by atoms with van der Waals surface area (Å²) in [5.74, 6) is 1.28. The number of anilines is 2. The lowest BCUT2D eigenvalue weighted by atomic mass is 10.1. The Balaban J connectivity index is 1.49. The number of carbonyl (C=O) groups is 1. The largest absolute Gasteiger partial charge is 0.438 e. The van der Waals surface area contributed by atoms with Crippen LogP contribution in [0.4, 0.5) is 20.6 Å². The summed E-state index contributed by atoms with van der Waals surface area (Å²) >= 11 is 3.09. The van der Waals surface area contributed by atoms with Gasteiger partial charge in [-0.3, -0.25) is 0 Å². The summed E-state index contributed by atoms with van der Waals surface area (Å²) in [4.78, 5) is 25.5. The topological polar surface area (TPSA) is 89.0 Å². The first-order chi connectivity index (χ1) is 16.4. The summed E-state index contributed by atoms with van der Waals surface area (Å²) in [5.41, 5.74) is 3.17. The summed E-state index contributed by atoms with van der Waals surface area (Å²) in [5, 5.41) is 5.34. The van der Waals surface area contributed by atoms with E-state index in [0.717, 1.165) is 29.1 Å². The van der Waals surface area contributed by atoms with E-state index in [4.69, 9.17) is 4.74 Å². The van der Waals surface area contributed by atoms with Crippen molar-refractivity contribution in [3.63, 3.8) is 0 Å². The molecule has 2 aromatic heterocycles. The molecule has 0 spiro atoms. The number of rotatable bonds is 6. The second-order valence-electron chi connectivity index (χ2n) is 7.36. The first kappa shape index (κ1) is 23.3. The first-order valence-corrected chi connectivity index (χ1v) is 11.3. The molecule has 2 heterocycles. The maximum absolute atomic E-state index is 13.7. The fourth-order valence-electron chi connectivity index (χ4n) is 3.20. The number of nitrogens with one attached hydrogen (secondary N) is 2. The van der Waals surface area contributed by atoms with E-state index in [9.17, 15) is 9.18 Å². The van der Waals surface area contributed by atoms with Crippen molar-refractivity contribution < 1.29 is 13.9 Å². The highest BCUT2D eigenvalue weighted by atomic mass is 79.9. The fourth-order valence-corrected chi connectivity index (χ4v) is 3.45. The SMILES string of the molecule is CCc1nccc(-c2cccnc2Oc2ccc(NC(=O)Nc3ccc(Br)c(F)c3)cc2C)n1. The molecule has 0 radical (unpaired) electrons. The van der Waals surface area contributed by atoms with Crippen LogP contribution in [0.25, 0.3) is 11.3 Å². The van der Waals surface area contributed by atoms with Crippen LogP contribution in [0.3, 0.4) is 0 Å². The number of hydrogen-bond acceptors (Lipinski definition) is 5. The van der Waals surface area contributed by atoms with Crippen LogP contribution in [-0.4, -0.2) is 21.0 Å². The molecule has 0 atom stereocenters. The molecule has 0 fully saturated rings. The van der Waals surface area contributed by atoms with E-state index in [1.54, 1.807) is 36.7 Å². The van der Waals surface area contributed by atoms with E-state index in [1.165, 1.54) is 12.1 Å². The Morgan fingerprint density at radius 1 is 1.03 bits per heavy atom. The van der Waals surface area contributed by atoms with Crippen molar-refractivity contribution in [2.45, 2.75) is 20.3 Å². The van der Waals surface area contributed by atoms with Crippen molar-refractivity contribution in [2.75, 3.05) is 10.6 Å². The molecule has 0 aliphatic heterocycles. The van der Waals surface area contributed by atoms with E-state index >= 15 is 0 Å². The average molecular weight is 522 g/mol. The van der Waals surface area contributed by atoms with E-state index in [-0.39, 0.29) is 0 Å². The molecule has 0 saturated carbocycles. The normalized spacial score (nSPS) is 10.6. The number of amides is 2. The van der Waals surface area contributed by atoms with Gasteiger partial charge in [0.15, 0.2) is 0 Å². The van der Waals surface area contributed by atoms with Gasteiger partial charge in [-0.05, 0) is 83.0 Å². The Bertz CT molecular complexity index is 1350. The minimum atomic E-state index is -0.489. The van der Waals surface area contributed by atoms with Crippen LogP contribution in [0, 0.1) is 12.7 Å². The molecule has 2 aromatic carbocycles. The van der Waals surface area contributed by atoms with Crippen LogP contribution in [0.5, 0.6) is 11.6 Å². The van der Waals surface area contributed by atoms with Gasteiger partial charge in [0.25, 0.3) is 0 Å². The van der Waals surface area contributed by atoms with Crippen LogP contribution in [-0.2, 0) is 6.42 Å². The van der Waals surface area contributed by atoms with Crippen LogP contribution >= 0.6 is 15.9 Å². The predicted octanol–water partition coefficient (Wildman–Crippen LogP) is 6.75. The lowest BCUT2D eigenvalue weighted by Crippen LogP contribution is -2.19. The highest BCUT2D eigenvalue weighted by Gasteiger charge is 2.13. The third-order valence-corrected chi connectivity index (χ3v) is 5.53. The monoisotopic (exact) mass is 521 g/mol. The molecule has 9 heteroatoms. The standard InChI is InChI=1S/C25H21BrFN5O2/c1-3-23-28-12-10-21(32-23)18-5-4-11-29-24(18)34-22-9-7-16(13-15(22)2)30-25(33)31-17-6-8-19(26)20(27)14-17/h4-14H,3H2,1-2H3,(H2,30,31,33). The number of urea groups is 1. The van der Waals surface area contributed by atoms with Gasteiger partial charge in [-0.25, -0.2) is 24.1 Å². The molecule has 7 nitrogen and oxygen atoms in total. The number of benzene rings is 2. The third-order valence-electron chi connectivity index (χ3n) is 4.89. The molecule has 0 aliphatic carbocycles. The quantitative estimate of drug-likeness (QED) is 0.293. The molecule has 0 bridgehead atoms. The Labute approximate surface area is 204 Å². The van der Waals surface area contributed by atoms with Gasteiger partial charge in [0, 0.05) is 30.2 Å². The van der Waals surface area contributed by atoms with Gasteiger partial charge in [0.1, 0.15) is 17.4 Å². The highest BCUT2D eigenvalue weighted by Crippen LogP contribution is 2.32. The fraction of sp³-hybridized carbons (Fsp3) is 0.120. The first-order valence-electron chi connectivity index (χ1n) is 10.5. The molecule has 2 N–H and O–H groups in total. The van der Waals surface area contributed by atoms with Crippen LogP contribution < -0.4 is 15.4 Å². The van der Waals surface area contributed by atoms with Crippen molar-refractivity contribution in [2.24, 2.45) is 0 Å². The summed E-state index contributed by atoms with van der Waals surface area (Å²) in [6.07, 6.45) is 4.10. The summed E-state index contributed by atoms with van der Waals surface area (Å²) in [7, 11) is 0. The molecular formula is C25H21BrFN5O2. The van der Waals surface area contributed by atoms with Gasteiger partial charge in [0.2, 0.25) is 5.88 Å². The molecule has 2 amide bonds. The zero-order valence-corrected chi connectivity index (χ0v) is 20.1. The van der Waals surface area contributed by atoms with Crippen LogP contribution in [0.15, 0.2) is 71.5 Å². The van der Waals surface area contributed by atoms with E-state index < -0.39 is 11.8 Å². The van der Waals surface area contributed by atoms with Crippen molar-refractivity contribution in [3.8, 4) is 22.9 Å². The number of pyridine rings is 1.